The van der Waals surface area contributed by atoms with Crippen LogP contribution in [0.25, 0.3) is 11.3 Å². The molecular weight excluding hydrogens is 514 g/mol. The summed E-state index contributed by atoms with van der Waals surface area (Å²) in [6, 6.07) is 23.6. The number of carbonyl (C=O) groups is 1. The summed E-state index contributed by atoms with van der Waals surface area (Å²) in [4.78, 5) is 14.3. The second kappa shape index (κ2) is 11.4. The summed E-state index contributed by atoms with van der Waals surface area (Å²) in [7, 11) is 0. The van der Waals surface area contributed by atoms with Crippen LogP contribution < -0.4 is 9.47 Å². The smallest absolute Gasteiger partial charge is 0.410 e. The maximum absolute atomic E-state index is 12.6. The summed E-state index contributed by atoms with van der Waals surface area (Å²) < 4.78 is 18.0. The Labute approximate surface area is 233 Å². The number of aromatic nitrogens is 2. The standard InChI is InChI=1S/C31H32ClN3O4/c1-31(2,3)39-30(36)35-15-14-23-26(18-35)33-34-29(23)24-16-25(32)28(38-20-22-12-8-5-9-13-22)17-27(24)37-19-21-10-6-4-7-11-21/h4-13,16-17H,14-15,18-20H2,1-3H3,(H,33,34). The van der Waals surface area contributed by atoms with E-state index in [2.05, 4.69) is 10.2 Å². The Balaban J connectivity index is 1.43. The first-order valence-corrected chi connectivity index (χ1v) is 13.4. The lowest BCUT2D eigenvalue weighted by Crippen LogP contribution is -2.39. The summed E-state index contributed by atoms with van der Waals surface area (Å²) in [6.07, 6.45) is 0.293. The van der Waals surface area contributed by atoms with Crippen LogP contribution in [0.2, 0.25) is 5.02 Å². The number of carbonyl (C=O) groups excluding carboxylic acids is 1. The summed E-state index contributed by atoms with van der Waals surface area (Å²) in [5.74, 6) is 1.16. The Morgan fingerprint density at radius 2 is 1.56 bits per heavy atom. The van der Waals surface area contributed by atoms with Crippen LogP contribution in [0, 0.1) is 0 Å². The molecule has 39 heavy (non-hydrogen) atoms. The van der Waals surface area contributed by atoms with Crippen molar-refractivity contribution in [3.05, 3.63) is 100 Å². The Kier molecular flexibility index (Phi) is 7.79. The largest absolute Gasteiger partial charge is 0.488 e. The fraction of sp³-hybridized carbons (Fsp3) is 0.290. The Hall–Kier alpha value is -3.97. The molecule has 1 aromatic heterocycles. The number of fused-ring (bicyclic) bond motifs is 1. The normalized spacial score (nSPS) is 13.1. The lowest BCUT2D eigenvalue weighted by atomic mass is 9.99. The first-order valence-electron chi connectivity index (χ1n) is 13.0. The summed E-state index contributed by atoms with van der Waals surface area (Å²) in [5.41, 5.74) is 4.97. The number of halogens is 1. The van der Waals surface area contributed by atoms with Crippen molar-refractivity contribution in [3.8, 4) is 22.8 Å². The number of H-pyrrole nitrogens is 1. The van der Waals surface area contributed by atoms with Crippen LogP contribution in [0.15, 0.2) is 72.8 Å². The van der Waals surface area contributed by atoms with Gasteiger partial charge in [0, 0.05) is 23.7 Å². The Bertz CT molecular complexity index is 1430. The molecule has 8 heteroatoms. The second-order valence-electron chi connectivity index (χ2n) is 10.5. The second-order valence-corrected chi connectivity index (χ2v) is 10.9. The van der Waals surface area contributed by atoms with Gasteiger partial charge in [-0.05, 0) is 44.4 Å². The third-order valence-corrected chi connectivity index (χ3v) is 6.64. The molecule has 1 N–H and O–H groups in total. The van der Waals surface area contributed by atoms with E-state index < -0.39 is 5.60 Å². The molecule has 2 heterocycles. The van der Waals surface area contributed by atoms with Gasteiger partial charge in [0.05, 0.1) is 23.0 Å². The zero-order chi connectivity index (χ0) is 27.4. The van der Waals surface area contributed by atoms with Crippen LogP contribution in [0.3, 0.4) is 0 Å². The highest BCUT2D eigenvalue weighted by atomic mass is 35.5. The van der Waals surface area contributed by atoms with Crippen molar-refractivity contribution in [1.82, 2.24) is 15.1 Å². The minimum atomic E-state index is -0.553. The molecule has 1 aliphatic heterocycles. The van der Waals surface area contributed by atoms with Crippen molar-refractivity contribution in [3.63, 3.8) is 0 Å². The molecule has 4 aromatic rings. The molecule has 0 saturated carbocycles. The highest BCUT2D eigenvalue weighted by Gasteiger charge is 2.30. The molecule has 7 nitrogen and oxygen atoms in total. The molecule has 202 valence electrons. The lowest BCUT2D eigenvalue weighted by Gasteiger charge is -2.30. The highest BCUT2D eigenvalue weighted by molar-refractivity contribution is 6.32. The maximum Gasteiger partial charge on any atom is 0.410 e. The number of nitrogens with one attached hydrogen (secondary N) is 1. The van der Waals surface area contributed by atoms with E-state index in [1.807, 2.05) is 93.6 Å². The Morgan fingerprint density at radius 1 is 0.949 bits per heavy atom. The molecule has 3 aromatic carbocycles. The van der Waals surface area contributed by atoms with Crippen LogP contribution in [0.1, 0.15) is 43.2 Å². The Morgan fingerprint density at radius 3 is 2.18 bits per heavy atom. The number of nitrogens with zero attached hydrogens (tertiary/aromatic N) is 2. The first kappa shape index (κ1) is 26.6. The number of hydrogen-bond donors (Lipinski definition) is 1. The molecule has 0 fully saturated rings. The molecule has 0 radical (unpaired) electrons. The average Bonchev–Trinajstić information content (AvgIpc) is 3.35. The number of aromatic amines is 1. The molecular formula is C31H32ClN3O4. The van der Waals surface area contributed by atoms with Gasteiger partial charge < -0.3 is 19.1 Å². The van der Waals surface area contributed by atoms with Gasteiger partial charge in [-0.1, -0.05) is 72.3 Å². The van der Waals surface area contributed by atoms with E-state index in [1.165, 1.54) is 0 Å². The predicted molar refractivity (Wildman–Crippen MR) is 151 cm³/mol. The third-order valence-electron chi connectivity index (χ3n) is 6.35. The SMILES string of the molecule is CC(C)(C)OC(=O)N1CCc2c(-c3cc(Cl)c(OCc4ccccc4)cc3OCc3ccccc3)n[nH]c2C1. The quantitative estimate of drug-likeness (QED) is 0.266. The third kappa shape index (κ3) is 6.55. The van der Waals surface area contributed by atoms with E-state index in [1.54, 1.807) is 4.90 Å². The molecule has 5 rings (SSSR count). The fourth-order valence-corrected chi connectivity index (χ4v) is 4.66. The monoisotopic (exact) mass is 545 g/mol. The van der Waals surface area contributed by atoms with Gasteiger partial charge >= 0.3 is 6.09 Å². The van der Waals surface area contributed by atoms with Gasteiger partial charge in [0.25, 0.3) is 0 Å². The van der Waals surface area contributed by atoms with Crippen molar-refractivity contribution < 1.29 is 19.0 Å². The first-order chi connectivity index (χ1) is 18.8. The van der Waals surface area contributed by atoms with Gasteiger partial charge in [-0.2, -0.15) is 5.10 Å². The van der Waals surface area contributed by atoms with Gasteiger partial charge in [-0.3, -0.25) is 5.10 Å². The van der Waals surface area contributed by atoms with E-state index in [4.69, 9.17) is 25.8 Å². The molecule has 1 aliphatic rings. The van der Waals surface area contributed by atoms with Gasteiger partial charge in [-0.25, -0.2) is 4.79 Å². The van der Waals surface area contributed by atoms with Gasteiger partial charge in [0.1, 0.15) is 30.3 Å². The summed E-state index contributed by atoms with van der Waals surface area (Å²) in [5, 5.41) is 8.23. The zero-order valence-electron chi connectivity index (χ0n) is 22.4. The minimum absolute atomic E-state index is 0.334. The van der Waals surface area contributed by atoms with Gasteiger partial charge in [0.15, 0.2) is 0 Å². The van der Waals surface area contributed by atoms with E-state index in [0.29, 0.717) is 49.2 Å². The predicted octanol–water partition coefficient (Wildman–Crippen LogP) is 7.18. The van der Waals surface area contributed by atoms with Gasteiger partial charge in [0.2, 0.25) is 0 Å². The number of ether oxygens (including phenoxy) is 3. The van der Waals surface area contributed by atoms with Crippen LogP contribution in [0.5, 0.6) is 11.5 Å². The molecule has 0 atom stereocenters. The summed E-state index contributed by atoms with van der Waals surface area (Å²) in [6.45, 7) is 7.28. The van der Waals surface area contributed by atoms with E-state index in [0.717, 1.165) is 33.6 Å². The van der Waals surface area contributed by atoms with E-state index >= 15 is 0 Å². The van der Waals surface area contributed by atoms with Crippen molar-refractivity contribution in [2.24, 2.45) is 0 Å². The van der Waals surface area contributed by atoms with Crippen LogP contribution in [-0.2, 0) is 30.9 Å². The van der Waals surface area contributed by atoms with Gasteiger partial charge in [-0.15, -0.1) is 0 Å². The molecule has 0 bridgehead atoms. The molecule has 0 aliphatic carbocycles. The van der Waals surface area contributed by atoms with Crippen molar-refractivity contribution >= 4 is 17.7 Å². The van der Waals surface area contributed by atoms with E-state index in [9.17, 15) is 4.79 Å². The number of amides is 1. The van der Waals surface area contributed by atoms with Crippen LogP contribution >= 0.6 is 11.6 Å². The van der Waals surface area contributed by atoms with Crippen LogP contribution in [-0.4, -0.2) is 33.3 Å². The van der Waals surface area contributed by atoms with Crippen molar-refractivity contribution in [1.29, 1.82) is 0 Å². The summed E-state index contributed by atoms with van der Waals surface area (Å²) >= 11 is 6.72. The number of rotatable bonds is 7. The fourth-order valence-electron chi connectivity index (χ4n) is 4.44. The van der Waals surface area contributed by atoms with Crippen LogP contribution in [0.4, 0.5) is 4.79 Å². The topological polar surface area (TPSA) is 76.7 Å². The highest BCUT2D eigenvalue weighted by Crippen LogP contribution is 2.41. The lowest BCUT2D eigenvalue weighted by molar-refractivity contribution is 0.0221. The van der Waals surface area contributed by atoms with Crippen molar-refractivity contribution in [2.75, 3.05) is 6.54 Å². The van der Waals surface area contributed by atoms with Crippen molar-refractivity contribution in [2.45, 2.75) is 52.6 Å². The maximum atomic E-state index is 12.6. The average molecular weight is 546 g/mol. The molecule has 0 spiro atoms. The number of hydrogen-bond acceptors (Lipinski definition) is 5. The molecule has 1 amide bonds. The van der Waals surface area contributed by atoms with E-state index in [-0.39, 0.29) is 6.09 Å². The number of benzene rings is 3. The molecule has 0 saturated heterocycles. The molecule has 0 unspecified atom stereocenters. The zero-order valence-corrected chi connectivity index (χ0v) is 23.1. The minimum Gasteiger partial charge on any atom is -0.488 e.